The summed E-state index contributed by atoms with van der Waals surface area (Å²) in [4.78, 5) is 0. The van der Waals surface area contributed by atoms with Crippen LogP contribution in [0.5, 0.6) is 0 Å². The number of allylic oxidation sites excluding steroid dienone is 2. The summed E-state index contributed by atoms with van der Waals surface area (Å²) in [6, 6.07) is 0. The molecule has 0 radical (unpaired) electrons. The van der Waals surface area contributed by atoms with E-state index < -0.39 is 0 Å². The molecule has 2 heteroatoms. The van der Waals surface area contributed by atoms with E-state index in [4.69, 9.17) is 9.47 Å². The van der Waals surface area contributed by atoms with Gasteiger partial charge in [0, 0.05) is 0 Å². The molecule has 0 saturated carbocycles. The maximum absolute atomic E-state index is 4.96. The van der Waals surface area contributed by atoms with Gasteiger partial charge in [-0.25, -0.2) is 0 Å². The molecule has 2 nitrogen and oxygen atoms in total. The van der Waals surface area contributed by atoms with Gasteiger partial charge in [-0.1, -0.05) is 12.2 Å². The van der Waals surface area contributed by atoms with Crippen LogP contribution in [0.25, 0.3) is 0 Å². The molecular formula is C12H20O2. The van der Waals surface area contributed by atoms with Crippen LogP contribution in [0.4, 0.5) is 0 Å². The molecule has 2 aliphatic rings. The Balaban J connectivity index is 0.000000140. The van der Waals surface area contributed by atoms with Crippen LogP contribution >= 0.6 is 0 Å². The number of hydrogen-bond donors (Lipinski definition) is 0. The molecule has 2 unspecified atom stereocenters. The summed E-state index contributed by atoms with van der Waals surface area (Å²) in [6.45, 7) is 9.17. The van der Waals surface area contributed by atoms with Crippen molar-refractivity contribution in [1.82, 2.24) is 0 Å². The second-order valence-corrected chi connectivity index (χ2v) is 3.64. The Morgan fingerprint density at radius 1 is 0.929 bits per heavy atom. The minimum Gasteiger partial charge on any atom is -0.373 e. The van der Waals surface area contributed by atoms with Gasteiger partial charge in [-0.05, 0) is 25.7 Å². The SMILES string of the molecule is C=CCCC1CO1.C=CCCC1CO1. The number of rotatable bonds is 6. The molecule has 0 amide bonds. The summed E-state index contributed by atoms with van der Waals surface area (Å²) in [5.41, 5.74) is 0. The van der Waals surface area contributed by atoms with E-state index in [2.05, 4.69) is 13.2 Å². The van der Waals surface area contributed by atoms with E-state index in [9.17, 15) is 0 Å². The standard InChI is InChI=1S/2C6H10O/c2*1-2-3-4-6-5-7-6/h2*2,6H,1,3-5H2. The minimum atomic E-state index is 0.581. The van der Waals surface area contributed by atoms with E-state index in [1.807, 2.05) is 12.2 Å². The Morgan fingerprint density at radius 3 is 1.50 bits per heavy atom. The first kappa shape index (κ1) is 11.5. The average Bonchev–Trinajstić information content (AvgIpc) is 3.04. The molecule has 0 aromatic rings. The maximum Gasteiger partial charge on any atom is 0.0812 e. The van der Waals surface area contributed by atoms with Crippen LogP contribution in [-0.2, 0) is 9.47 Å². The third-order valence-corrected chi connectivity index (χ3v) is 2.19. The van der Waals surface area contributed by atoms with Crippen LogP contribution in [0.15, 0.2) is 25.3 Å². The van der Waals surface area contributed by atoms with Gasteiger partial charge in [0.2, 0.25) is 0 Å². The normalized spacial score (nSPS) is 27.1. The van der Waals surface area contributed by atoms with Crippen molar-refractivity contribution in [3.63, 3.8) is 0 Å². The molecule has 2 atom stereocenters. The topological polar surface area (TPSA) is 25.1 Å². The van der Waals surface area contributed by atoms with Crippen LogP contribution in [0.3, 0.4) is 0 Å². The summed E-state index contributed by atoms with van der Waals surface area (Å²) in [6.07, 6.45) is 9.57. The van der Waals surface area contributed by atoms with Gasteiger partial charge in [-0.2, -0.15) is 0 Å². The molecule has 80 valence electrons. The van der Waals surface area contributed by atoms with Crippen molar-refractivity contribution in [2.75, 3.05) is 13.2 Å². The van der Waals surface area contributed by atoms with Crippen molar-refractivity contribution in [1.29, 1.82) is 0 Å². The molecule has 2 heterocycles. The molecule has 0 N–H and O–H groups in total. The fraction of sp³-hybridized carbons (Fsp3) is 0.667. The van der Waals surface area contributed by atoms with Crippen LogP contribution in [-0.4, -0.2) is 25.4 Å². The Hall–Kier alpha value is -0.600. The van der Waals surface area contributed by atoms with Crippen LogP contribution in [0.1, 0.15) is 25.7 Å². The highest BCUT2D eigenvalue weighted by Crippen LogP contribution is 2.15. The van der Waals surface area contributed by atoms with Crippen LogP contribution < -0.4 is 0 Å². The first-order valence-corrected chi connectivity index (χ1v) is 5.31. The van der Waals surface area contributed by atoms with Gasteiger partial charge >= 0.3 is 0 Å². The summed E-state index contributed by atoms with van der Waals surface area (Å²) in [7, 11) is 0. The van der Waals surface area contributed by atoms with E-state index in [0.717, 1.165) is 26.1 Å². The summed E-state index contributed by atoms with van der Waals surface area (Å²) < 4.78 is 9.93. The van der Waals surface area contributed by atoms with Gasteiger partial charge < -0.3 is 9.47 Å². The van der Waals surface area contributed by atoms with Crippen LogP contribution in [0, 0.1) is 0 Å². The van der Waals surface area contributed by atoms with Crippen molar-refractivity contribution in [2.24, 2.45) is 0 Å². The molecule has 0 aromatic heterocycles. The third-order valence-electron chi connectivity index (χ3n) is 2.19. The highest BCUT2D eigenvalue weighted by molar-refractivity contribution is 4.75. The van der Waals surface area contributed by atoms with E-state index in [0.29, 0.717) is 12.2 Å². The Morgan fingerprint density at radius 2 is 1.29 bits per heavy atom. The lowest BCUT2D eigenvalue weighted by atomic mass is 10.2. The second kappa shape index (κ2) is 6.80. The van der Waals surface area contributed by atoms with Gasteiger partial charge in [0.15, 0.2) is 0 Å². The second-order valence-electron chi connectivity index (χ2n) is 3.64. The fourth-order valence-corrected chi connectivity index (χ4v) is 1.08. The van der Waals surface area contributed by atoms with E-state index >= 15 is 0 Å². The highest BCUT2D eigenvalue weighted by Gasteiger charge is 2.20. The lowest BCUT2D eigenvalue weighted by Crippen LogP contribution is -1.79. The monoisotopic (exact) mass is 196 g/mol. The molecule has 2 rings (SSSR count). The van der Waals surface area contributed by atoms with Crippen molar-refractivity contribution in [2.45, 2.75) is 37.9 Å². The van der Waals surface area contributed by atoms with Gasteiger partial charge in [0.25, 0.3) is 0 Å². The van der Waals surface area contributed by atoms with Crippen molar-refractivity contribution in [3.05, 3.63) is 25.3 Å². The Labute approximate surface area is 86.6 Å². The molecule has 2 fully saturated rings. The van der Waals surface area contributed by atoms with Gasteiger partial charge in [0.05, 0.1) is 25.4 Å². The molecule has 0 aromatic carbocycles. The van der Waals surface area contributed by atoms with Crippen molar-refractivity contribution >= 4 is 0 Å². The Bertz CT molecular complexity index is 149. The summed E-state index contributed by atoms with van der Waals surface area (Å²) in [5, 5.41) is 0. The smallest absolute Gasteiger partial charge is 0.0812 e. The van der Waals surface area contributed by atoms with Gasteiger partial charge in [-0.3, -0.25) is 0 Å². The molecule has 0 spiro atoms. The van der Waals surface area contributed by atoms with Gasteiger partial charge in [-0.15, -0.1) is 13.2 Å². The summed E-state index contributed by atoms with van der Waals surface area (Å²) >= 11 is 0. The molecule has 0 bridgehead atoms. The van der Waals surface area contributed by atoms with E-state index in [1.165, 1.54) is 12.8 Å². The molecule has 2 saturated heterocycles. The largest absolute Gasteiger partial charge is 0.373 e. The number of epoxide rings is 2. The highest BCUT2D eigenvalue weighted by atomic mass is 16.6. The molecule has 2 aliphatic heterocycles. The zero-order valence-corrected chi connectivity index (χ0v) is 8.78. The first-order chi connectivity index (χ1) is 6.86. The van der Waals surface area contributed by atoms with Crippen molar-refractivity contribution in [3.8, 4) is 0 Å². The lowest BCUT2D eigenvalue weighted by molar-refractivity contribution is 0.398. The van der Waals surface area contributed by atoms with Crippen LogP contribution in [0.2, 0.25) is 0 Å². The molecule has 14 heavy (non-hydrogen) atoms. The predicted molar refractivity (Wildman–Crippen MR) is 58.3 cm³/mol. The Kier molecular flexibility index (Phi) is 5.57. The maximum atomic E-state index is 4.96. The van der Waals surface area contributed by atoms with Crippen molar-refractivity contribution < 1.29 is 9.47 Å². The lowest BCUT2D eigenvalue weighted by Gasteiger charge is -1.82. The van der Waals surface area contributed by atoms with Gasteiger partial charge in [0.1, 0.15) is 0 Å². The van der Waals surface area contributed by atoms with E-state index in [1.54, 1.807) is 0 Å². The molecular weight excluding hydrogens is 176 g/mol. The number of hydrogen-bond acceptors (Lipinski definition) is 2. The molecule has 0 aliphatic carbocycles. The fourth-order valence-electron chi connectivity index (χ4n) is 1.08. The zero-order valence-electron chi connectivity index (χ0n) is 8.78. The minimum absolute atomic E-state index is 0.581. The number of ether oxygens (including phenoxy) is 2. The first-order valence-electron chi connectivity index (χ1n) is 5.31. The third kappa shape index (κ3) is 6.87. The quantitative estimate of drug-likeness (QED) is 0.482. The van der Waals surface area contributed by atoms with E-state index in [-0.39, 0.29) is 0 Å². The zero-order chi connectivity index (χ0) is 10.2. The predicted octanol–water partition coefficient (Wildman–Crippen LogP) is 2.70. The summed E-state index contributed by atoms with van der Waals surface area (Å²) in [5.74, 6) is 0. The average molecular weight is 196 g/mol.